The topological polar surface area (TPSA) is 72.7 Å². The van der Waals surface area contributed by atoms with Crippen LogP contribution in [0.5, 0.6) is 11.5 Å². The highest BCUT2D eigenvalue weighted by Gasteiger charge is 2.40. The van der Waals surface area contributed by atoms with Gasteiger partial charge in [-0.25, -0.2) is 9.79 Å². The molecule has 0 amide bonds. The zero-order valence-corrected chi connectivity index (χ0v) is 22.0. The Kier molecular flexibility index (Phi) is 6.38. The molecule has 0 unspecified atom stereocenters. The monoisotopic (exact) mass is 477 g/mol. The molecule has 0 saturated heterocycles. The highest BCUT2D eigenvalue weighted by Crippen LogP contribution is 2.48. The van der Waals surface area contributed by atoms with E-state index in [0.29, 0.717) is 17.9 Å². The summed E-state index contributed by atoms with van der Waals surface area (Å²) in [6, 6.07) is 7.72. The first-order chi connectivity index (χ1) is 16.4. The molecule has 0 fully saturated rings. The number of nitrogens with zero attached hydrogens (tertiary/aromatic N) is 3. The normalized spacial score (nSPS) is 17.3. The number of esters is 1. The van der Waals surface area contributed by atoms with Crippen LogP contribution >= 0.6 is 0 Å². The van der Waals surface area contributed by atoms with E-state index in [1.807, 2.05) is 38.1 Å². The van der Waals surface area contributed by atoms with E-state index in [2.05, 4.69) is 38.8 Å². The molecule has 186 valence electrons. The Morgan fingerprint density at radius 2 is 1.94 bits per heavy atom. The third-order valence-electron chi connectivity index (χ3n) is 6.09. The lowest BCUT2D eigenvalue weighted by molar-refractivity contribution is 0.0601. The molecule has 0 bridgehead atoms. The fourth-order valence-electron chi connectivity index (χ4n) is 4.79. The molecule has 7 nitrogen and oxygen atoms in total. The SMILES string of the molecule is CCOc1cc2c(c3c1OC(C)(C)C3)C(c1ccc(C(=O)OC)c(/N=C/N(C)C)c1)=NC(C)(C)C2. The Labute approximate surface area is 207 Å². The number of benzene rings is 2. The van der Waals surface area contributed by atoms with E-state index in [0.717, 1.165) is 46.7 Å². The van der Waals surface area contributed by atoms with Crippen LogP contribution < -0.4 is 9.47 Å². The first-order valence-electron chi connectivity index (χ1n) is 12.0. The first kappa shape index (κ1) is 24.8. The van der Waals surface area contributed by atoms with Gasteiger partial charge in [0.25, 0.3) is 0 Å². The molecule has 2 heterocycles. The summed E-state index contributed by atoms with van der Waals surface area (Å²) in [6.07, 6.45) is 3.23. The molecule has 2 aliphatic heterocycles. The van der Waals surface area contributed by atoms with Gasteiger partial charge in [0.2, 0.25) is 0 Å². The van der Waals surface area contributed by atoms with Gasteiger partial charge >= 0.3 is 5.97 Å². The quantitative estimate of drug-likeness (QED) is 0.333. The largest absolute Gasteiger partial charge is 0.490 e. The number of fused-ring (bicyclic) bond motifs is 3. The van der Waals surface area contributed by atoms with Gasteiger partial charge in [-0.05, 0) is 64.8 Å². The molecule has 2 aliphatic rings. The molecule has 0 aliphatic carbocycles. The molecule has 0 spiro atoms. The summed E-state index contributed by atoms with van der Waals surface area (Å²) in [7, 11) is 5.15. The fourth-order valence-corrected chi connectivity index (χ4v) is 4.79. The van der Waals surface area contributed by atoms with Crippen molar-refractivity contribution in [2.45, 2.75) is 58.6 Å². The van der Waals surface area contributed by atoms with Crippen molar-refractivity contribution in [1.29, 1.82) is 0 Å². The highest BCUT2D eigenvalue weighted by molar-refractivity contribution is 6.17. The third-order valence-corrected chi connectivity index (χ3v) is 6.09. The molecule has 0 N–H and O–H groups in total. The van der Waals surface area contributed by atoms with Crippen LogP contribution in [0.4, 0.5) is 5.69 Å². The van der Waals surface area contributed by atoms with E-state index in [1.54, 1.807) is 12.4 Å². The minimum Gasteiger partial charge on any atom is -0.490 e. The van der Waals surface area contributed by atoms with Crippen molar-refractivity contribution in [3.63, 3.8) is 0 Å². The van der Waals surface area contributed by atoms with Crippen LogP contribution in [0.15, 0.2) is 34.3 Å². The average Bonchev–Trinajstić information content (AvgIpc) is 3.11. The molecule has 0 aromatic heterocycles. The Morgan fingerprint density at radius 1 is 1.20 bits per heavy atom. The standard InChI is InChI=1S/C28H35N3O4/c1-9-34-22-13-18-14-27(2,3)30-24(23(18)20-15-28(4,5)35-25(20)22)17-10-11-19(26(32)33-8)21(12-17)29-16-31(6)7/h10-13,16H,9,14-15H2,1-8H3/b29-16+. The van der Waals surface area contributed by atoms with Gasteiger partial charge in [0.15, 0.2) is 11.5 Å². The lowest BCUT2D eigenvalue weighted by atomic mass is 9.80. The van der Waals surface area contributed by atoms with Crippen molar-refractivity contribution >= 4 is 23.7 Å². The Balaban J connectivity index is 1.94. The smallest absolute Gasteiger partial charge is 0.340 e. The number of hydrogen-bond donors (Lipinski definition) is 0. The zero-order valence-electron chi connectivity index (χ0n) is 22.0. The van der Waals surface area contributed by atoms with Gasteiger partial charge in [-0.3, -0.25) is 4.99 Å². The van der Waals surface area contributed by atoms with Gasteiger partial charge < -0.3 is 19.1 Å². The summed E-state index contributed by atoms with van der Waals surface area (Å²) >= 11 is 0. The zero-order chi connectivity index (χ0) is 25.5. The van der Waals surface area contributed by atoms with E-state index in [-0.39, 0.29) is 11.1 Å². The molecule has 2 aromatic carbocycles. The van der Waals surface area contributed by atoms with Gasteiger partial charge in [-0.2, -0.15) is 0 Å². The summed E-state index contributed by atoms with van der Waals surface area (Å²) in [4.78, 5) is 24.0. The molecule has 0 radical (unpaired) electrons. The van der Waals surface area contributed by atoms with E-state index >= 15 is 0 Å². The summed E-state index contributed by atoms with van der Waals surface area (Å²) in [6.45, 7) is 11.0. The molecule has 2 aromatic rings. The maximum atomic E-state index is 12.4. The molecule has 0 atom stereocenters. The molecule has 0 saturated carbocycles. The number of ether oxygens (including phenoxy) is 3. The maximum absolute atomic E-state index is 12.4. The minimum atomic E-state index is -0.425. The third kappa shape index (κ3) is 4.90. The van der Waals surface area contributed by atoms with E-state index in [1.165, 1.54) is 12.7 Å². The minimum absolute atomic E-state index is 0.302. The van der Waals surface area contributed by atoms with Crippen LogP contribution in [0, 0.1) is 0 Å². The van der Waals surface area contributed by atoms with Crippen LogP contribution in [0.25, 0.3) is 0 Å². The van der Waals surface area contributed by atoms with Crippen LogP contribution in [0.1, 0.15) is 67.2 Å². The summed E-state index contributed by atoms with van der Waals surface area (Å²) in [5.41, 5.74) is 5.51. The lowest BCUT2D eigenvalue weighted by Gasteiger charge is -2.31. The van der Waals surface area contributed by atoms with Gasteiger partial charge in [0, 0.05) is 37.2 Å². The molecular weight excluding hydrogens is 442 g/mol. The van der Waals surface area contributed by atoms with Gasteiger partial charge in [0.1, 0.15) is 5.60 Å². The Bertz CT molecular complexity index is 1230. The van der Waals surface area contributed by atoms with Crippen LogP contribution in [0.2, 0.25) is 0 Å². The second-order valence-corrected chi connectivity index (χ2v) is 10.6. The Morgan fingerprint density at radius 3 is 2.60 bits per heavy atom. The number of methoxy groups -OCH3 is 1. The predicted octanol–water partition coefficient (Wildman–Crippen LogP) is 4.98. The van der Waals surface area contributed by atoms with Crippen LogP contribution in [-0.4, -0.2) is 61.9 Å². The van der Waals surface area contributed by atoms with Gasteiger partial charge in [-0.15, -0.1) is 0 Å². The van der Waals surface area contributed by atoms with E-state index < -0.39 is 5.97 Å². The van der Waals surface area contributed by atoms with Crippen molar-refractivity contribution in [3.05, 3.63) is 52.1 Å². The summed E-state index contributed by atoms with van der Waals surface area (Å²) in [5.74, 6) is 1.17. The molecule has 35 heavy (non-hydrogen) atoms. The number of hydrogen-bond acceptors (Lipinski definition) is 6. The Hall–Kier alpha value is -3.35. The predicted molar refractivity (Wildman–Crippen MR) is 139 cm³/mol. The molecule has 7 heteroatoms. The number of aliphatic imine (C=N–C) groups is 2. The lowest BCUT2D eigenvalue weighted by Crippen LogP contribution is -2.30. The first-order valence-corrected chi connectivity index (χ1v) is 12.0. The second-order valence-electron chi connectivity index (χ2n) is 10.6. The second kappa shape index (κ2) is 9.02. The average molecular weight is 478 g/mol. The summed E-state index contributed by atoms with van der Waals surface area (Å²) in [5, 5.41) is 0. The molecule has 4 rings (SSSR count). The van der Waals surface area contributed by atoms with E-state index in [4.69, 9.17) is 19.2 Å². The number of rotatable bonds is 6. The fraction of sp³-hybridized carbons (Fsp3) is 0.464. The van der Waals surface area contributed by atoms with Crippen LogP contribution in [0.3, 0.4) is 0 Å². The van der Waals surface area contributed by atoms with Crippen molar-refractivity contribution in [2.24, 2.45) is 9.98 Å². The van der Waals surface area contributed by atoms with Crippen molar-refractivity contribution < 1.29 is 19.0 Å². The number of carbonyl (C=O) groups is 1. The highest BCUT2D eigenvalue weighted by atomic mass is 16.5. The summed E-state index contributed by atoms with van der Waals surface area (Å²) < 4.78 is 17.4. The van der Waals surface area contributed by atoms with Crippen molar-refractivity contribution in [1.82, 2.24) is 4.90 Å². The number of carbonyl (C=O) groups excluding carboxylic acids is 1. The van der Waals surface area contributed by atoms with Gasteiger partial charge in [0.05, 0.1) is 42.6 Å². The van der Waals surface area contributed by atoms with Gasteiger partial charge in [-0.1, -0.05) is 6.07 Å². The van der Waals surface area contributed by atoms with Crippen molar-refractivity contribution in [2.75, 3.05) is 27.8 Å². The van der Waals surface area contributed by atoms with Crippen LogP contribution in [-0.2, 0) is 17.6 Å². The maximum Gasteiger partial charge on any atom is 0.340 e. The van der Waals surface area contributed by atoms with E-state index in [9.17, 15) is 4.79 Å². The van der Waals surface area contributed by atoms with Crippen molar-refractivity contribution in [3.8, 4) is 11.5 Å². The molecular formula is C28H35N3O4.